The van der Waals surface area contributed by atoms with Crippen molar-refractivity contribution in [1.29, 1.82) is 0 Å². The second kappa shape index (κ2) is 8.64. The lowest BCUT2D eigenvalue weighted by Crippen LogP contribution is -2.37. The molecule has 1 amide bonds. The fourth-order valence-corrected chi connectivity index (χ4v) is 3.03. The number of hydrazone groups is 1. The number of carbonyl (C=O) groups excluding carboxylic acids is 1. The van der Waals surface area contributed by atoms with Gasteiger partial charge in [0, 0.05) is 32.6 Å². The summed E-state index contributed by atoms with van der Waals surface area (Å²) < 4.78 is 14.4. The van der Waals surface area contributed by atoms with Crippen LogP contribution in [-0.2, 0) is 25.4 Å². The molecule has 0 aliphatic heterocycles. The first-order chi connectivity index (χ1) is 14.4. The van der Waals surface area contributed by atoms with Gasteiger partial charge in [-0.1, -0.05) is 6.07 Å². The summed E-state index contributed by atoms with van der Waals surface area (Å²) in [7, 11) is 5.99. The topological polar surface area (TPSA) is 122 Å². The van der Waals surface area contributed by atoms with Gasteiger partial charge in [-0.2, -0.15) is 5.10 Å². The van der Waals surface area contributed by atoms with Gasteiger partial charge in [-0.25, -0.2) is 15.2 Å². The highest BCUT2D eigenvalue weighted by molar-refractivity contribution is 5.86. The summed E-state index contributed by atoms with van der Waals surface area (Å²) in [5.41, 5.74) is 2.69. The van der Waals surface area contributed by atoms with Crippen LogP contribution in [0.15, 0.2) is 39.2 Å². The maximum absolute atomic E-state index is 12.4. The lowest BCUT2D eigenvalue weighted by atomic mass is 10.2. The molecular formula is C19H22N6O5. The smallest absolute Gasteiger partial charge is 0.332 e. The van der Waals surface area contributed by atoms with E-state index in [2.05, 4.69) is 15.5 Å². The maximum Gasteiger partial charge on any atom is 0.332 e. The van der Waals surface area contributed by atoms with E-state index in [-0.39, 0.29) is 30.0 Å². The first-order valence-electron chi connectivity index (χ1n) is 9.02. The van der Waals surface area contributed by atoms with Crippen LogP contribution < -0.4 is 26.1 Å². The predicted octanol–water partition coefficient (Wildman–Crippen LogP) is -0.00870. The quantitative estimate of drug-likeness (QED) is 0.429. The highest BCUT2D eigenvalue weighted by atomic mass is 16.5. The zero-order valence-electron chi connectivity index (χ0n) is 17.1. The Hall–Kier alpha value is -3.89. The number of imidazole rings is 1. The van der Waals surface area contributed by atoms with E-state index in [9.17, 15) is 14.4 Å². The van der Waals surface area contributed by atoms with Gasteiger partial charge in [0.15, 0.2) is 22.7 Å². The number of carbonyl (C=O) groups is 1. The predicted molar refractivity (Wildman–Crippen MR) is 110 cm³/mol. The maximum atomic E-state index is 12.4. The molecule has 158 valence electrons. The van der Waals surface area contributed by atoms with E-state index in [0.717, 1.165) is 4.57 Å². The van der Waals surface area contributed by atoms with Crippen LogP contribution >= 0.6 is 0 Å². The second-order valence-corrected chi connectivity index (χ2v) is 6.44. The monoisotopic (exact) mass is 414 g/mol. The molecular weight excluding hydrogens is 392 g/mol. The van der Waals surface area contributed by atoms with Gasteiger partial charge in [-0.05, 0) is 12.1 Å². The summed E-state index contributed by atoms with van der Waals surface area (Å²) in [4.78, 5) is 40.7. The van der Waals surface area contributed by atoms with Gasteiger partial charge in [0.2, 0.25) is 5.91 Å². The average molecular weight is 414 g/mol. The number of rotatable bonds is 7. The van der Waals surface area contributed by atoms with E-state index in [4.69, 9.17) is 9.47 Å². The highest BCUT2D eigenvalue weighted by Crippen LogP contribution is 2.29. The van der Waals surface area contributed by atoms with Crippen molar-refractivity contribution in [2.24, 2.45) is 19.2 Å². The molecule has 2 heterocycles. The third-order valence-electron chi connectivity index (χ3n) is 4.62. The molecule has 3 rings (SSSR count). The van der Waals surface area contributed by atoms with Gasteiger partial charge in [0.1, 0.15) is 0 Å². The Labute approximate surface area is 171 Å². The summed E-state index contributed by atoms with van der Waals surface area (Å²) in [6.07, 6.45) is 2.95. The molecule has 0 radical (unpaired) electrons. The summed E-state index contributed by atoms with van der Waals surface area (Å²) in [6.45, 7) is 0.202. The Morgan fingerprint density at radius 3 is 2.67 bits per heavy atom. The van der Waals surface area contributed by atoms with Crippen molar-refractivity contribution in [3.05, 3.63) is 50.9 Å². The number of aromatic nitrogens is 4. The lowest BCUT2D eigenvalue weighted by molar-refractivity contribution is -0.121. The van der Waals surface area contributed by atoms with Crippen molar-refractivity contribution in [2.75, 3.05) is 14.2 Å². The average Bonchev–Trinajstić information content (AvgIpc) is 3.18. The number of nitrogens with one attached hydrogen (secondary N) is 1. The van der Waals surface area contributed by atoms with Gasteiger partial charge < -0.3 is 14.0 Å². The zero-order chi connectivity index (χ0) is 21.8. The van der Waals surface area contributed by atoms with E-state index >= 15 is 0 Å². The summed E-state index contributed by atoms with van der Waals surface area (Å²) in [6, 6.07) is 5.31. The normalized spacial score (nSPS) is 11.2. The Balaban J connectivity index is 1.70. The Morgan fingerprint density at radius 2 is 1.97 bits per heavy atom. The van der Waals surface area contributed by atoms with Crippen LogP contribution in [0.25, 0.3) is 11.2 Å². The third kappa shape index (κ3) is 3.81. The molecule has 0 bridgehead atoms. The number of para-hydroxylation sites is 1. The third-order valence-corrected chi connectivity index (χ3v) is 4.62. The largest absolute Gasteiger partial charge is 0.493 e. The molecule has 11 nitrogen and oxygen atoms in total. The fraction of sp³-hybridized carbons (Fsp3) is 0.316. The molecule has 3 aromatic rings. The van der Waals surface area contributed by atoms with Gasteiger partial charge in [0.05, 0.1) is 26.8 Å². The van der Waals surface area contributed by atoms with Crippen molar-refractivity contribution in [1.82, 2.24) is 24.1 Å². The van der Waals surface area contributed by atoms with Crippen LogP contribution in [0.1, 0.15) is 12.0 Å². The molecule has 0 atom stereocenters. The molecule has 1 aromatic carbocycles. The first-order valence-corrected chi connectivity index (χ1v) is 9.02. The van der Waals surface area contributed by atoms with Crippen LogP contribution in [0.3, 0.4) is 0 Å². The number of amides is 1. The van der Waals surface area contributed by atoms with Gasteiger partial charge in [0.25, 0.3) is 5.56 Å². The first kappa shape index (κ1) is 20.8. The summed E-state index contributed by atoms with van der Waals surface area (Å²) in [5, 5.41) is 3.95. The SMILES string of the molecule is COc1cccc(/C=N\NC(=O)CCn2cnc3c2c(=O)n(C)c(=O)n3C)c1OC. The Morgan fingerprint density at radius 1 is 1.20 bits per heavy atom. The zero-order valence-corrected chi connectivity index (χ0v) is 17.1. The summed E-state index contributed by atoms with van der Waals surface area (Å²) >= 11 is 0. The highest BCUT2D eigenvalue weighted by Gasteiger charge is 2.14. The number of nitrogens with zero attached hydrogens (tertiary/aromatic N) is 5. The Kier molecular flexibility index (Phi) is 6.00. The van der Waals surface area contributed by atoms with Crippen molar-refractivity contribution < 1.29 is 14.3 Å². The van der Waals surface area contributed by atoms with Crippen LogP contribution in [0, 0.1) is 0 Å². The number of ether oxygens (including phenoxy) is 2. The van der Waals surface area contributed by atoms with Crippen LogP contribution in [0.4, 0.5) is 0 Å². The van der Waals surface area contributed by atoms with E-state index in [0.29, 0.717) is 17.1 Å². The van der Waals surface area contributed by atoms with Crippen molar-refractivity contribution in [3.63, 3.8) is 0 Å². The number of fused-ring (bicyclic) bond motifs is 1. The van der Waals surface area contributed by atoms with Gasteiger partial charge >= 0.3 is 5.69 Å². The standard InChI is InChI=1S/C19H22N6O5/c1-23-17-15(18(27)24(2)19(23)28)25(11-20-17)9-8-14(26)22-21-10-12-6-5-7-13(29-3)16(12)30-4/h5-7,10-11H,8-9H2,1-4H3,(H,22,26)/b21-10-. The van der Waals surface area contributed by atoms with Crippen LogP contribution in [-0.4, -0.2) is 45.0 Å². The van der Waals surface area contributed by atoms with Gasteiger partial charge in [-0.3, -0.25) is 18.7 Å². The van der Waals surface area contributed by atoms with Crippen molar-refractivity contribution >= 4 is 23.3 Å². The molecule has 30 heavy (non-hydrogen) atoms. The minimum Gasteiger partial charge on any atom is -0.493 e. The number of benzene rings is 1. The number of methoxy groups -OCH3 is 2. The molecule has 2 aromatic heterocycles. The van der Waals surface area contributed by atoms with Crippen molar-refractivity contribution in [3.8, 4) is 11.5 Å². The van der Waals surface area contributed by atoms with Crippen molar-refractivity contribution in [2.45, 2.75) is 13.0 Å². The van der Waals surface area contributed by atoms with E-state index in [1.54, 1.807) is 22.8 Å². The van der Waals surface area contributed by atoms with Gasteiger partial charge in [-0.15, -0.1) is 0 Å². The van der Waals surface area contributed by atoms with E-state index < -0.39 is 11.2 Å². The molecule has 1 N–H and O–H groups in total. The van der Waals surface area contributed by atoms with E-state index in [1.807, 2.05) is 0 Å². The number of hydrogen-bond donors (Lipinski definition) is 1. The number of hydrogen-bond acceptors (Lipinski definition) is 7. The molecule has 0 aliphatic carbocycles. The Bertz CT molecular complexity index is 1240. The minimum atomic E-state index is -0.464. The summed E-state index contributed by atoms with van der Waals surface area (Å²) in [5.74, 6) is 0.705. The lowest BCUT2D eigenvalue weighted by Gasteiger charge is -2.09. The molecule has 11 heteroatoms. The molecule has 0 aliphatic rings. The fourth-order valence-electron chi connectivity index (χ4n) is 3.03. The molecule has 0 unspecified atom stereocenters. The molecule has 0 saturated heterocycles. The van der Waals surface area contributed by atoms with E-state index in [1.165, 1.54) is 45.4 Å². The second-order valence-electron chi connectivity index (χ2n) is 6.44. The molecule has 0 spiro atoms. The minimum absolute atomic E-state index is 0.0596. The molecule has 0 fully saturated rings. The number of aryl methyl sites for hydroxylation is 2. The van der Waals surface area contributed by atoms with Crippen LogP contribution in [0.5, 0.6) is 11.5 Å². The molecule has 0 saturated carbocycles. The van der Waals surface area contributed by atoms with Crippen LogP contribution in [0.2, 0.25) is 0 Å².